The van der Waals surface area contributed by atoms with Gasteiger partial charge in [-0.05, 0) is 12.5 Å². The van der Waals surface area contributed by atoms with Gasteiger partial charge in [0.15, 0.2) is 0 Å². The maximum atomic E-state index is 10.0. The molecule has 1 unspecified atom stereocenters. The molecule has 1 N–H and O–H groups in total. The Bertz CT molecular complexity index is 346. The predicted molar refractivity (Wildman–Crippen MR) is 55.4 cm³/mol. The van der Waals surface area contributed by atoms with Crippen LogP contribution in [0.25, 0.3) is 0 Å². The van der Waals surface area contributed by atoms with E-state index in [-0.39, 0.29) is 0 Å². The largest absolute Gasteiger partial charge is 0.381 e. The average molecular weight is 187 g/mol. The Morgan fingerprint density at radius 3 is 2.64 bits per heavy atom. The van der Waals surface area contributed by atoms with Crippen molar-refractivity contribution in [3.8, 4) is 6.07 Å². The minimum absolute atomic E-state index is 0.322. The first kappa shape index (κ1) is 10.5. The van der Waals surface area contributed by atoms with Crippen LogP contribution in [0.15, 0.2) is 42.5 Å². The molecule has 0 radical (unpaired) electrons. The van der Waals surface area contributed by atoms with Crippen LogP contribution in [0.2, 0.25) is 0 Å². The van der Waals surface area contributed by atoms with Crippen molar-refractivity contribution in [3.05, 3.63) is 48.0 Å². The van der Waals surface area contributed by atoms with Crippen LogP contribution in [0.3, 0.4) is 0 Å². The molecule has 0 aliphatic heterocycles. The van der Waals surface area contributed by atoms with Gasteiger partial charge in [-0.25, -0.2) is 0 Å². The third-order valence-electron chi connectivity index (χ3n) is 2.01. The first-order valence-corrected chi connectivity index (χ1v) is 4.49. The van der Waals surface area contributed by atoms with Crippen LogP contribution < -0.4 is 0 Å². The summed E-state index contributed by atoms with van der Waals surface area (Å²) in [6.45, 7) is 1.70. The minimum atomic E-state index is -0.988. The van der Waals surface area contributed by atoms with Crippen LogP contribution in [-0.4, -0.2) is 5.11 Å². The Hall–Kier alpha value is -1.59. The van der Waals surface area contributed by atoms with Crippen molar-refractivity contribution in [3.63, 3.8) is 0 Å². The molecule has 1 rings (SSSR count). The molecule has 0 saturated heterocycles. The smallest absolute Gasteiger partial charge is 0.105 e. The molecule has 1 atom stereocenters. The molecular weight excluding hydrogens is 174 g/mol. The van der Waals surface area contributed by atoms with E-state index in [4.69, 9.17) is 5.26 Å². The molecule has 2 heteroatoms. The zero-order valence-electron chi connectivity index (χ0n) is 8.14. The van der Waals surface area contributed by atoms with Crippen LogP contribution in [0.4, 0.5) is 0 Å². The zero-order chi connectivity index (χ0) is 10.4. The van der Waals surface area contributed by atoms with Gasteiger partial charge in [-0.15, -0.1) is 0 Å². The fourth-order valence-corrected chi connectivity index (χ4v) is 1.21. The number of allylic oxidation sites excluding steroid dienone is 1. The molecule has 0 saturated carbocycles. The molecular formula is C12H13NO. The highest BCUT2D eigenvalue weighted by Gasteiger charge is 2.17. The number of aliphatic hydroxyl groups is 1. The van der Waals surface area contributed by atoms with E-state index in [1.807, 2.05) is 36.4 Å². The van der Waals surface area contributed by atoms with Gasteiger partial charge in [-0.3, -0.25) is 0 Å². The summed E-state index contributed by atoms with van der Waals surface area (Å²) in [5, 5.41) is 18.4. The van der Waals surface area contributed by atoms with Crippen molar-refractivity contribution in [2.75, 3.05) is 0 Å². The van der Waals surface area contributed by atoms with Gasteiger partial charge in [-0.2, -0.15) is 5.26 Å². The standard InChI is InChI=1S/C12H13NO/c1-12(14,9-5-6-10-13)11-7-3-2-4-8-11/h2-5,7-9,14H,6H2,1H3/b9-5+. The summed E-state index contributed by atoms with van der Waals surface area (Å²) in [6.07, 6.45) is 3.64. The van der Waals surface area contributed by atoms with E-state index in [0.29, 0.717) is 6.42 Å². The van der Waals surface area contributed by atoms with Gasteiger partial charge < -0.3 is 5.11 Å². The van der Waals surface area contributed by atoms with Crippen LogP contribution >= 0.6 is 0 Å². The number of benzene rings is 1. The van der Waals surface area contributed by atoms with Gasteiger partial charge in [0.05, 0.1) is 12.5 Å². The van der Waals surface area contributed by atoms with Crippen LogP contribution in [0.1, 0.15) is 18.9 Å². The molecule has 0 aliphatic carbocycles. The van der Waals surface area contributed by atoms with Crippen molar-refractivity contribution in [1.29, 1.82) is 5.26 Å². The van der Waals surface area contributed by atoms with Crippen LogP contribution in [0.5, 0.6) is 0 Å². The summed E-state index contributed by atoms with van der Waals surface area (Å²) in [4.78, 5) is 0. The van der Waals surface area contributed by atoms with Crippen LogP contribution in [-0.2, 0) is 5.60 Å². The lowest BCUT2D eigenvalue weighted by atomic mass is 9.95. The number of hydrogen-bond donors (Lipinski definition) is 1. The first-order valence-electron chi connectivity index (χ1n) is 4.49. The molecule has 0 bridgehead atoms. The monoisotopic (exact) mass is 187 g/mol. The van der Waals surface area contributed by atoms with Crippen molar-refractivity contribution >= 4 is 0 Å². The molecule has 0 aromatic heterocycles. The third-order valence-corrected chi connectivity index (χ3v) is 2.01. The number of hydrogen-bond acceptors (Lipinski definition) is 2. The summed E-state index contributed by atoms with van der Waals surface area (Å²) < 4.78 is 0. The van der Waals surface area contributed by atoms with Crippen molar-refractivity contribution < 1.29 is 5.11 Å². The normalized spacial score (nSPS) is 14.9. The van der Waals surface area contributed by atoms with E-state index in [0.717, 1.165) is 5.56 Å². The first-order chi connectivity index (χ1) is 6.67. The minimum Gasteiger partial charge on any atom is -0.381 e. The highest BCUT2D eigenvalue weighted by atomic mass is 16.3. The zero-order valence-corrected chi connectivity index (χ0v) is 8.14. The lowest BCUT2D eigenvalue weighted by molar-refractivity contribution is 0.111. The third kappa shape index (κ3) is 2.72. The molecule has 0 heterocycles. The van der Waals surface area contributed by atoms with E-state index in [2.05, 4.69) is 0 Å². The summed E-state index contributed by atoms with van der Waals surface area (Å²) >= 11 is 0. The second-order valence-corrected chi connectivity index (χ2v) is 3.28. The number of nitrogens with zero attached hydrogens (tertiary/aromatic N) is 1. The summed E-state index contributed by atoms with van der Waals surface area (Å²) in [5.41, 5.74) is -0.160. The second kappa shape index (κ2) is 4.59. The molecule has 0 fully saturated rings. The fourth-order valence-electron chi connectivity index (χ4n) is 1.21. The Balaban J connectivity index is 2.81. The van der Waals surface area contributed by atoms with E-state index >= 15 is 0 Å². The Morgan fingerprint density at radius 2 is 2.07 bits per heavy atom. The topological polar surface area (TPSA) is 44.0 Å². The molecule has 2 nitrogen and oxygen atoms in total. The molecule has 0 amide bonds. The van der Waals surface area contributed by atoms with Crippen molar-refractivity contribution in [2.45, 2.75) is 18.9 Å². The quantitative estimate of drug-likeness (QED) is 0.738. The van der Waals surface area contributed by atoms with E-state index in [1.165, 1.54) is 0 Å². The molecule has 1 aromatic carbocycles. The molecule has 0 spiro atoms. The SMILES string of the molecule is CC(O)(/C=C/CC#N)c1ccccc1. The van der Waals surface area contributed by atoms with Gasteiger partial charge in [0.1, 0.15) is 5.60 Å². The van der Waals surface area contributed by atoms with Gasteiger partial charge in [-0.1, -0.05) is 42.5 Å². The van der Waals surface area contributed by atoms with Gasteiger partial charge in [0, 0.05) is 0 Å². The molecule has 72 valence electrons. The van der Waals surface area contributed by atoms with Crippen molar-refractivity contribution in [2.24, 2.45) is 0 Å². The number of rotatable bonds is 3. The highest BCUT2D eigenvalue weighted by molar-refractivity contribution is 5.26. The van der Waals surface area contributed by atoms with Gasteiger partial charge >= 0.3 is 0 Å². The summed E-state index contributed by atoms with van der Waals surface area (Å²) in [7, 11) is 0. The Labute approximate surface area is 84.1 Å². The van der Waals surface area contributed by atoms with Gasteiger partial charge in [0.25, 0.3) is 0 Å². The van der Waals surface area contributed by atoms with Gasteiger partial charge in [0.2, 0.25) is 0 Å². The Kier molecular flexibility index (Phi) is 3.44. The number of nitriles is 1. The Morgan fingerprint density at radius 1 is 1.43 bits per heavy atom. The van der Waals surface area contributed by atoms with E-state index < -0.39 is 5.60 Å². The lowest BCUT2D eigenvalue weighted by Gasteiger charge is -2.19. The molecule has 1 aromatic rings. The fraction of sp³-hybridized carbons (Fsp3) is 0.250. The summed E-state index contributed by atoms with van der Waals surface area (Å²) in [5.74, 6) is 0. The van der Waals surface area contributed by atoms with E-state index in [9.17, 15) is 5.11 Å². The molecule has 14 heavy (non-hydrogen) atoms. The maximum Gasteiger partial charge on any atom is 0.105 e. The summed E-state index contributed by atoms with van der Waals surface area (Å²) in [6, 6.07) is 11.4. The average Bonchev–Trinajstić information content (AvgIpc) is 2.19. The molecule has 0 aliphatic rings. The van der Waals surface area contributed by atoms with E-state index in [1.54, 1.807) is 19.1 Å². The van der Waals surface area contributed by atoms with Crippen LogP contribution in [0, 0.1) is 11.3 Å². The van der Waals surface area contributed by atoms with Crippen molar-refractivity contribution in [1.82, 2.24) is 0 Å². The lowest BCUT2D eigenvalue weighted by Crippen LogP contribution is -2.17. The predicted octanol–water partition coefficient (Wildman–Crippen LogP) is 2.36. The highest BCUT2D eigenvalue weighted by Crippen LogP contribution is 2.21. The maximum absolute atomic E-state index is 10.0. The second-order valence-electron chi connectivity index (χ2n) is 3.28.